The third-order valence-corrected chi connectivity index (χ3v) is 10.1. The standard InChI is InChI=1S/2C15H17.Zr/c2*1-2-3-6-13-9-11-15(12-10-13)14-7-4-5-8-14;/h2*4,7,9-12H,2-3,5-6H2,1H3;. The number of allylic oxidation sites excluding steroid dienone is 8. The molecule has 2 aromatic carbocycles. The van der Waals surface area contributed by atoms with Crippen LogP contribution in [0.3, 0.4) is 0 Å². The second-order valence-electron chi connectivity index (χ2n) is 8.72. The Morgan fingerprint density at radius 3 is 1.42 bits per heavy atom. The molecular formula is C30H34Zr. The molecule has 0 saturated heterocycles. The van der Waals surface area contributed by atoms with E-state index in [9.17, 15) is 0 Å². The fraction of sp³-hybridized carbons (Fsp3) is 0.333. The van der Waals surface area contributed by atoms with Gasteiger partial charge in [0, 0.05) is 0 Å². The van der Waals surface area contributed by atoms with Crippen LogP contribution < -0.4 is 0 Å². The zero-order valence-electron chi connectivity index (χ0n) is 19.1. The molecule has 31 heavy (non-hydrogen) atoms. The molecule has 158 valence electrons. The molecule has 0 aromatic heterocycles. The monoisotopic (exact) mass is 484 g/mol. The van der Waals surface area contributed by atoms with E-state index in [0.29, 0.717) is 0 Å². The van der Waals surface area contributed by atoms with E-state index in [-0.39, 0.29) is 0 Å². The van der Waals surface area contributed by atoms with Gasteiger partial charge in [0.15, 0.2) is 0 Å². The molecule has 0 radical (unpaired) electrons. The van der Waals surface area contributed by atoms with Crippen molar-refractivity contribution < 1.29 is 23.2 Å². The van der Waals surface area contributed by atoms with Crippen LogP contribution >= 0.6 is 0 Å². The summed E-state index contributed by atoms with van der Waals surface area (Å²) in [5, 5.41) is 0. The van der Waals surface area contributed by atoms with E-state index in [1.165, 1.54) is 71.9 Å². The third-order valence-electron chi connectivity index (χ3n) is 6.33. The van der Waals surface area contributed by atoms with Crippen LogP contribution in [-0.2, 0) is 36.1 Å². The maximum atomic E-state index is 2.38. The number of hydrogen-bond acceptors (Lipinski definition) is 0. The molecule has 0 bridgehead atoms. The van der Waals surface area contributed by atoms with Gasteiger partial charge in [-0.1, -0.05) is 0 Å². The molecule has 0 aliphatic heterocycles. The zero-order chi connectivity index (χ0) is 21.5. The van der Waals surface area contributed by atoms with Gasteiger partial charge in [-0.3, -0.25) is 0 Å². The van der Waals surface area contributed by atoms with E-state index in [1.54, 1.807) is 6.56 Å². The van der Waals surface area contributed by atoms with Gasteiger partial charge < -0.3 is 0 Å². The van der Waals surface area contributed by atoms with Crippen LogP contribution in [0.25, 0.3) is 11.1 Å². The first-order valence-corrected chi connectivity index (χ1v) is 14.5. The van der Waals surface area contributed by atoms with Crippen LogP contribution in [0.2, 0.25) is 0 Å². The molecule has 4 rings (SSSR count). The van der Waals surface area contributed by atoms with Crippen molar-refractivity contribution in [2.24, 2.45) is 0 Å². The topological polar surface area (TPSA) is 0 Å². The maximum absolute atomic E-state index is 2.38. The SMILES string of the molecule is CCCCc1ccc(C2=[C]([Zr][C]3=C(c4ccc(CCCC)cc4)C=CC3)CC=C2)cc1. The molecule has 0 N–H and O–H groups in total. The van der Waals surface area contributed by atoms with Crippen molar-refractivity contribution in [2.75, 3.05) is 0 Å². The summed E-state index contributed by atoms with van der Waals surface area (Å²) >= 11 is -0.769. The fourth-order valence-electron chi connectivity index (χ4n) is 4.43. The van der Waals surface area contributed by atoms with E-state index in [1.807, 2.05) is 0 Å². The summed E-state index contributed by atoms with van der Waals surface area (Å²) in [5.41, 5.74) is 8.81. The molecule has 1 heteroatoms. The first kappa shape index (κ1) is 22.5. The fourth-order valence-corrected chi connectivity index (χ4v) is 8.19. The van der Waals surface area contributed by atoms with Crippen LogP contribution in [0.5, 0.6) is 0 Å². The zero-order valence-corrected chi connectivity index (χ0v) is 21.5. The van der Waals surface area contributed by atoms with Gasteiger partial charge in [0.25, 0.3) is 0 Å². The number of benzene rings is 2. The van der Waals surface area contributed by atoms with Crippen molar-refractivity contribution in [1.29, 1.82) is 0 Å². The summed E-state index contributed by atoms with van der Waals surface area (Å²) < 4.78 is 3.47. The van der Waals surface area contributed by atoms with Crippen LogP contribution in [-0.4, -0.2) is 0 Å². The van der Waals surface area contributed by atoms with Gasteiger partial charge in [0.05, 0.1) is 0 Å². The quantitative estimate of drug-likeness (QED) is 0.316. The molecule has 0 amide bonds. The van der Waals surface area contributed by atoms with Crippen molar-refractivity contribution in [3.05, 3.63) is 102 Å². The second kappa shape index (κ2) is 11.2. The summed E-state index contributed by atoms with van der Waals surface area (Å²) in [6.45, 7) is 4.53. The summed E-state index contributed by atoms with van der Waals surface area (Å²) in [4.78, 5) is 0. The minimum absolute atomic E-state index is 0.769. The van der Waals surface area contributed by atoms with E-state index in [2.05, 4.69) is 86.7 Å². The Hall–Kier alpha value is -1.72. The molecule has 0 nitrogen and oxygen atoms in total. The molecule has 2 aromatic rings. The van der Waals surface area contributed by atoms with Crippen molar-refractivity contribution in [3.63, 3.8) is 0 Å². The van der Waals surface area contributed by atoms with Crippen molar-refractivity contribution in [1.82, 2.24) is 0 Å². The summed E-state index contributed by atoms with van der Waals surface area (Å²) in [6, 6.07) is 18.8. The normalized spacial score (nSPS) is 15.4. The van der Waals surface area contributed by atoms with Crippen molar-refractivity contribution in [3.8, 4) is 0 Å². The first-order valence-electron chi connectivity index (χ1n) is 12.0. The summed E-state index contributed by atoms with van der Waals surface area (Å²) in [5.74, 6) is 0. The van der Waals surface area contributed by atoms with E-state index < -0.39 is 23.2 Å². The summed E-state index contributed by atoms with van der Waals surface area (Å²) in [7, 11) is 0. The molecule has 2 aliphatic carbocycles. The number of hydrogen-bond donors (Lipinski definition) is 0. The van der Waals surface area contributed by atoms with Gasteiger partial charge in [-0.25, -0.2) is 0 Å². The molecule has 0 atom stereocenters. The van der Waals surface area contributed by atoms with Crippen LogP contribution in [0, 0.1) is 0 Å². The predicted octanol–water partition coefficient (Wildman–Crippen LogP) is 8.50. The van der Waals surface area contributed by atoms with Gasteiger partial charge in [-0.15, -0.1) is 0 Å². The number of rotatable bonds is 10. The molecule has 0 unspecified atom stereocenters. The van der Waals surface area contributed by atoms with Crippen LogP contribution in [0.1, 0.15) is 74.6 Å². The van der Waals surface area contributed by atoms with Crippen LogP contribution in [0.15, 0.2) is 79.4 Å². The Balaban J connectivity index is 1.52. The number of unbranched alkanes of at least 4 members (excludes halogenated alkanes) is 2. The van der Waals surface area contributed by atoms with Crippen molar-refractivity contribution in [2.45, 2.75) is 65.2 Å². The second-order valence-corrected chi connectivity index (χ2v) is 12.3. The summed E-state index contributed by atoms with van der Waals surface area (Å²) in [6.07, 6.45) is 19.3. The predicted molar refractivity (Wildman–Crippen MR) is 131 cm³/mol. The minimum atomic E-state index is -0.769. The Morgan fingerprint density at radius 1 is 0.613 bits per heavy atom. The van der Waals surface area contributed by atoms with Gasteiger partial charge in [-0.2, -0.15) is 0 Å². The van der Waals surface area contributed by atoms with Gasteiger partial charge in [-0.05, 0) is 0 Å². The molecule has 0 spiro atoms. The van der Waals surface area contributed by atoms with Gasteiger partial charge in [0.1, 0.15) is 0 Å². The average molecular weight is 486 g/mol. The molecule has 2 aliphatic rings. The Kier molecular flexibility index (Phi) is 8.15. The Labute approximate surface area is 200 Å². The van der Waals surface area contributed by atoms with E-state index in [0.717, 1.165) is 12.8 Å². The van der Waals surface area contributed by atoms with Gasteiger partial charge >= 0.3 is 201 Å². The Morgan fingerprint density at radius 2 is 1.03 bits per heavy atom. The molecular weight excluding hydrogens is 452 g/mol. The third kappa shape index (κ3) is 5.75. The molecule has 0 saturated carbocycles. The average Bonchev–Trinajstić information content (AvgIpc) is 3.47. The first-order chi connectivity index (χ1) is 15.3. The van der Waals surface area contributed by atoms with Gasteiger partial charge in [0.2, 0.25) is 0 Å². The van der Waals surface area contributed by atoms with E-state index in [4.69, 9.17) is 0 Å². The van der Waals surface area contributed by atoms with Crippen LogP contribution in [0.4, 0.5) is 0 Å². The van der Waals surface area contributed by atoms with Crippen molar-refractivity contribution >= 4 is 11.1 Å². The van der Waals surface area contributed by atoms with E-state index >= 15 is 0 Å². The Bertz CT molecular complexity index is 914. The molecule has 0 fully saturated rings. The number of aryl methyl sites for hydroxylation is 2. The molecule has 0 heterocycles.